The van der Waals surface area contributed by atoms with E-state index in [0.29, 0.717) is 12.0 Å². The Hall–Kier alpha value is -3.80. The SMILES string of the molecule is C=CCNC1=C2C[C@@H](C)C[C@H](OC)[C@H](O)[C@@H](C)C=C(C)[C@H](OC(N)=O)[C@@H](OC)C=CC=C(C)C(=O)NC(=C(C)C1=O)C2=O. The van der Waals surface area contributed by atoms with E-state index in [4.69, 9.17) is 19.9 Å². The first kappa shape index (κ1) is 35.4. The molecule has 1 aliphatic heterocycles. The maximum atomic E-state index is 13.8. The van der Waals surface area contributed by atoms with Crippen LogP contribution >= 0.6 is 0 Å². The maximum Gasteiger partial charge on any atom is 0.405 e. The number of aliphatic hydroxyl groups is 1. The number of rotatable bonds is 6. The van der Waals surface area contributed by atoms with Crippen LogP contribution in [0.3, 0.4) is 0 Å². The van der Waals surface area contributed by atoms with Crippen LogP contribution in [0.2, 0.25) is 0 Å². The van der Waals surface area contributed by atoms with E-state index < -0.39 is 53.9 Å². The van der Waals surface area contributed by atoms with E-state index in [9.17, 15) is 24.3 Å². The van der Waals surface area contributed by atoms with Crippen molar-refractivity contribution in [1.82, 2.24) is 10.6 Å². The summed E-state index contributed by atoms with van der Waals surface area (Å²) in [5.41, 5.74) is 6.62. The molecular formula is C32H45N3O8. The van der Waals surface area contributed by atoms with Crippen LogP contribution in [0.4, 0.5) is 4.79 Å². The van der Waals surface area contributed by atoms with Crippen molar-refractivity contribution in [3.63, 3.8) is 0 Å². The van der Waals surface area contributed by atoms with Crippen molar-refractivity contribution in [3.8, 4) is 0 Å². The van der Waals surface area contributed by atoms with Gasteiger partial charge in [-0.05, 0) is 45.1 Å². The van der Waals surface area contributed by atoms with Crippen molar-refractivity contribution in [2.75, 3.05) is 20.8 Å². The lowest BCUT2D eigenvalue weighted by atomic mass is 9.83. The second-order valence-electron chi connectivity index (χ2n) is 11.0. The van der Waals surface area contributed by atoms with E-state index in [1.54, 1.807) is 45.1 Å². The average molecular weight is 600 g/mol. The van der Waals surface area contributed by atoms with E-state index in [0.717, 1.165) is 0 Å². The van der Waals surface area contributed by atoms with Crippen molar-refractivity contribution >= 4 is 23.6 Å². The summed E-state index contributed by atoms with van der Waals surface area (Å²) in [4.78, 5) is 52.0. The van der Waals surface area contributed by atoms with E-state index in [1.165, 1.54) is 27.2 Å². The van der Waals surface area contributed by atoms with Crippen molar-refractivity contribution in [3.05, 3.63) is 70.6 Å². The van der Waals surface area contributed by atoms with Gasteiger partial charge in [-0.25, -0.2) is 4.79 Å². The number of hydrogen-bond donors (Lipinski definition) is 4. The number of nitrogens with one attached hydrogen (secondary N) is 2. The summed E-state index contributed by atoms with van der Waals surface area (Å²) < 4.78 is 16.6. The van der Waals surface area contributed by atoms with Crippen LogP contribution in [0.15, 0.2) is 70.6 Å². The Morgan fingerprint density at radius 3 is 2.42 bits per heavy atom. The largest absolute Gasteiger partial charge is 0.439 e. The minimum Gasteiger partial charge on any atom is -0.439 e. The molecule has 236 valence electrons. The molecule has 2 amide bonds. The Labute approximate surface area is 253 Å². The van der Waals surface area contributed by atoms with Crippen molar-refractivity contribution < 1.29 is 38.5 Å². The lowest BCUT2D eigenvalue weighted by molar-refractivity contribution is -0.120. The number of ketones is 2. The Kier molecular flexibility index (Phi) is 13.3. The maximum absolute atomic E-state index is 13.8. The first-order valence-corrected chi connectivity index (χ1v) is 14.2. The summed E-state index contributed by atoms with van der Waals surface area (Å²) in [6.45, 7) is 12.4. The third-order valence-corrected chi connectivity index (χ3v) is 7.61. The number of carbonyl (C=O) groups excluding carboxylic acids is 4. The molecule has 0 unspecified atom stereocenters. The summed E-state index contributed by atoms with van der Waals surface area (Å²) in [6.07, 6.45) is 4.25. The molecule has 11 nitrogen and oxygen atoms in total. The molecular weight excluding hydrogens is 554 g/mol. The van der Waals surface area contributed by atoms with Gasteiger partial charge in [-0.15, -0.1) is 6.58 Å². The molecule has 43 heavy (non-hydrogen) atoms. The van der Waals surface area contributed by atoms with Gasteiger partial charge in [0.05, 0.1) is 23.6 Å². The number of nitrogens with two attached hydrogens (primary N) is 1. The molecule has 0 aromatic rings. The third-order valence-electron chi connectivity index (χ3n) is 7.61. The van der Waals surface area contributed by atoms with Crippen molar-refractivity contribution in [1.29, 1.82) is 0 Å². The average Bonchev–Trinajstić information content (AvgIpc) is 2.96. The number of amides is 2. The second kappa shape index (κ2) is 16.2. The molecule has 0 aromatic heterocycles. The number of aliphatic hydroxyl groups excluding tert-OH is 1. The van der Waals surface area contributed by atoms with E-state index in [2.05, 4.69) is 17.2 Å². The molecule has 11 heteroatoms. The highest BCUT2D eigenvalue weighted by Gasteiger charge is 2.35. The predicted molar refractivity (Wildman–Crippen MR) is 162 cm³/mol. The van der Waals surface area contributed by atoms with Crippen LogP contribution in [-0.4, -0.2) is 73.9 Å². The van der Waals surface area contributed by atoms with Gasteiger partial charge in [0.1, 0.15) is 6.10 Å². The Morgan fingerprint density at radius 2 is 1.84 bits per heavy atom. The summed E-state index contributed by atoms with van der Waals surface area (Å²) in [5.74, 6) is -2.08. The number of methoxy groups -OCH3 is 2. The molecule has 0 saturated carbocycles. The zero-order valence-electron chi connectivity index (χ0n) is 26.1. The van der Waals surface area contributed by atoms with Gasteiger partial charge in [-0.2, -0.15) is 0 Å². The first-order valence-electron chi connectivity index (χ1n) is 14.2. The van der Waals surface area contributed by atoms with Gasteiger partial charge in [0, 0.05) is 43.4 Å². The predicted octanol–water partition coefficient (Wildman–Crippen LogP) is 2.93. The van der Waals surface area contributed by atoms with Gasteiger partial charge in [0.15, 0.2) is 6.10 Å². The van der Waals surface area contributed by atoms with Crippen LogP contribution < -0.4 is 16.4 Å². The minimum atomic E-state index is -1.00. The lowest BCUT2D eigenvalue weighted by Gasteiger charge is -2.30. The molecule has 2 aliphatic rings. The first-order chi connectivity index (χ1) is 20.3. The Balaban J connectivity index is 2.67. The zero-order valence-corrected chi connectivity index (χ0v) is 26.1. The van der Waals surface area contributed by atoms with E-state index >= 15 is 0 Å². The standard InChI is InChI=1S/C32H45N3O8/c1-9-13-34-26-22-14-17(2)15-24(42-8)27(36)19(4)16-20(5)30(43-32(33)40)23(41-7)12-10-11-18(3)31(39)35-25(29(22)38)21(6)28(26)37/h9-12,16-17,19,23-24,27,30,34,36H,1,13-15H2,2-8H3,(H2,33,40)(H,35,39)/t17-,19+,23+,24+,27-,30+/m1/s1. The highest BCUT2D eigenvalue weighted by molar-refractivity contribution is 6.25. The number of primary amides is 1. The van der Waals surface area contributed by atoms with Crippen LogP contribution in [0, 0.1) is 11.8 Å². The normalized spacial score (nSPS) is 28.2. The van der Waals surface area contributed by atoms with Crippen molar-refractivity contribution in [2.45, 2.75) is 71.9 Å². The fraction of sp³-hybridized carbons (Fsp3) is 0.500. The lowest BCUT2D eigenvalue weighted by Crippen LogP contribution is -2.39. The molecule has 5 N–H and O–H groups in total. The molecule has 0 radical (unpaired) electrons. The second-order valence-corrected chi connectivity index (χ2v) is 11.0. The number of hydrogen-bond acceptors (Lipinski definition) is 9. The molecule has 2 bridgehead atoms. The summed E-state index contributed by atoms with van der Waals surface area (Å²) >= 11 is 0. The molecule has 2 rings (SSSR count). The summed E-state index contributed by atoms with van der Waals surface area (Å²) in [6, 6.07) is 0. The quantitative estimate of drug-likeness (QED) is 0.265. The number of fused-ring (bicyclic) bond motifs is 2. The minimum absolute atomic E-state index is 0.0857. The van der Waals surface area contributed by atoms with Crippen molar-refractivity contribution in [2.24, 2.45) is 17.6 Å². The highest BCUT2D eigenvalue weighted by atomic mass is 16.6. The molecule has 0 aromatic carbocycles. The molecule has 1 aliphatic carbocycles. The molecule has 0 spiro atoms. The van der Waals surface area contributed by atoms with E-state index in [1.807, 2.05) is 6.92 Å². The topological polar surface area (TPSA) is 166 Å². The van der Waals surface area contributed by atoms with Crippen LogP contribution in [0.5, 0.6) is 0 Å². The smallest absolute Gasteiger partial charge is 0.405 e. The third kappa shape index (κ3) is 9.09. The number of ether oxygens (including phenoxy) is 3. The molecule has 1 heterocycles. The van der Waals surface area contributed by atoms with Crippen LogP contribution in [0.25, 0.3) is 0 Å². The van der Waals surface area contributed by atoms with Crippen LogP contribution in [0.1, 0.15) is 47.5 Å². The Morgan fingerprint density at radius 1 is 1.16 bits per heavy atom. The zero-order chi connectivity index (χ0) is 32.4. The molecule has 0 fully saturated rings. The monoisotopic (exact) mass is 599 g/mol. The van der Waals surface area contributed by atoms with Gasteiger partial charge >= 0.3 is 6.09 Å². The summed E-state index contributed by atoms with van der Waals surface area (Å²) in [7, 11) is 2.92. The van der Waals surface area contributed by atoms with Gasteiger partial charge < -0.3 is 35.7 Å². The highest BCUT2D eigenvalue weighted by Crippen LogP contribution is 2.30. The Bertz CT molecular complexity index is 1260. The van der Waals surface area contributed by atoms with Gasteiger partial charge in [-0.1, -0.05) is 44.2 Å². The fourth-order valence-corrected chi connectivity index (χ4v) is 5.17. The number of Topliss-reactive ketones (excluding diaryl/α,β-unsaturated/α-hetero) is 2. The van der Waals surface area contributed by atoms with Gasteiger partial charge in [0.25, 0.3) is 5.91 Å². The van der Waals surface area contributed by atoms with Gasteiger partial charge in [0.2, 0.25) is 11.6 Å². The number of carbonyl (C=O) groups is 4. The molecule has 6 atom stereocenters. The summed E-state index contributed by atoms with van der Waals surface area (Å²) in [5, 5.41) is 16.9. The fourth-order valence-electron chi connectivity index (χ4n) is 5.17. The van der Waals surface area contributed by atoms with E-state index in [-0.39, 0.29) is 47.0 Å². The molecule has 0 saturated heterocycles. The van der Waals surface area contributed by atoms with Crippen LogP contribution in [-0.2, 0) is 28.6 Å². The number of allylic oxidation sites excluding steroid dienone is 4. The van der Waals surface area contributed by atoms with Gasteiger partial charge in [-0.3, -0.25) is 14.4 Å².